The van der Waals surface area contributed by atoms with E-state index in [0.717, 1.165) is 12.0 Å². The third kappa shape index (κ3) is 4.67. The largest absolute Gasteiger partial charge is 0.352 e. The molecule has 0 saturated carbocycles. The van der Waals surface area contributed by atoms with Gasteiger partial charge < -0.3 is 10.6 Å². The highest BCUT2D eigenvalue weighted by molar-refractivity contribution is 6.33. The van der Waals surface area contributed by atoms with Crippen LogP contribution in [0.4, 0.5) is 27.4 Å². The molecule has 134 valence electrons. The van der Waals surface area contributed by atoms with Crippen LogP contribution in [-0.4, -0.2) is 15.0 Å². The van der Waals surface area contributed by atoms with E-state index in [9.17, 15) is 4.39 Å². The van der Waals surface area contributed by atoms with Gasteiger partial charge in [0.25, 0.3) is 0 Å². The molecule has 0 unspecified atom stereocenters. The lowest BCUT2D eigenvalue weighted by molar-refractivity contribution is 0.615. The molecule has 0 bridgehead atoms. The molecule has 0 saturated heterocycles. The first kappa shape index (κ1) is 18.1. The Bertz CT molecular complexity index is 883. The highest BCUT2D eigenvalue weighted by Gasteiger charge is 2.07. The molecule has 7 heteroatoms. The summed E-state index contributed by atoms with van der Waals surface area (Å²) in [6, 6.07) is 6.92. The normalized spacial score (nSPS) is 10.8. The maximum atomic E-state index is 14.2. The number of hydrogen-bond donors (Lipinski definition) is 2. The van der Waals surface area contributed by atoms with Gasteiger partial charge in [0.2, 0.25) is 5.95 Å². The van der Waals surface area contributed by atoms with Gasteiger partial charge in [-0.2, -0.15) is 0 Å². The number of pyridine rings is 1. The summed E-state index contributed by atoms with van der Waals surface area (Å²) >= 11 is 6.05. The third-order valence-corrected chi connectivity index (χ3v) is 3.93. The van der Waals surface area contributed by atoms with Crippen molar-refractivity contribution in [3.63, 3.8) is 0 Å². The topological polar surface area (TPSA) is 62.7 Å². The van der Waals surface area contributed by atoms with Gasteiger partial charge in [-0.25, -0.2) is 14.4 Å². The van der Waals surface area contributed by atoms with Crippen LogP contribution in [0.2, 0.25) is 5.02 Å². The minimum Gasteiger partial charge on any atom is -0.352 e. The average Bonchev–Trinajstić information content (AvgIpc) is 2.60. The van der Waals surface area contributed by atoms with Crippen LogP contribution in [-0.2, 0) is 6.42 Å². The third-order valence-electron chi connectivity index (χ3n) is 3.63. The van der Waals surface area contributed by atoms with Crippen LogP contribution < -0.4 is 10.6 Å². The van der Waals surface area contributed by atoms with Crippen LogP contribution >= 0.6 is 11.6 Å². The van der Waals surface area contributed by atoms with Crippen molar-refractivity contribution in [2.24, 2.45) is 5.92 Å². The summed E-state index contributed by atoms with van der Waals surface area (Å²) in [4.78, 5) is 12.3. The number of anilines is 4. The quantitative estimate of drug-likeness (QED) is 0.611. The molecular formula is C19H19ClFN5. The second kappa shape index (κ2) is 8.10. The van der Waals surface area contributed by atoms with Crippen molar-refractivity contribution in [3.05, 3.63) is 65.5 Å². The lowest BCUT2D eigenvalue weighted by Crippen LogP contribution is -2.02. The summed E-state index contributed by atoms with van der Waals surface area (Å²) in [6.45, 7) is 4.21. The van der Waals surface area contributed by atoms with Crippen molar-refractivity contribution in [2.75, 3.05) is 10.6 Å². The van der Waals surface area contributed by atoms with Crippen molar-refractivity contribution in [3.8, 4) is 0 Å². The van der Waals surface area contributed by atoms with Gasteiger partial charge in [0.05, 0.1) is 34.5 Å². The van der Waals surface area contributed by atoms with Gasteiger partial charge in [-0.05, 0) is 36.1 Å². The Morgan fingerprint density at radius 3 is 2.46 bits per heavy atom. The molecular weight excluding hydrogens is 353 g/mol. The highest BCUT2D eigenvalue weighted by Crippen LogP contribution is 2.24. The molecule has 0 amide bonds. The first-order valence-electron chi connectivity index (χ1n) is 8.25. The Morgan fingerprint density at radius 1 is 1.04 bits per heavy atom. The predicted octanol–water partition coefficient (Wildman–Crippen LogP) is 5.35. The minimum atomic E-state index is -0.322. The van der Waals surface area contributed by atoms with Crippen LogP contribution in [0, 0.1) is 11.7 Å². The Kier molecular flexibility index (Phi) is 5.63. The zero-order chi connectivity index (χ0) is 18.5. The van der Waals surface area contributed by atoms with Gasteiger partial charge in [-0.1, -0.05) is 31.5 Å². The molecule has 2 N–H and O–H groups in total. The zero-order valence-corrected chi connectivity index (χ0v) is 15.3. The second-order valence-corrected chi connectivity index (χ2v) is 6.72. The van der Waals surface area contributed by atoms with Crippen molar-refractivity contribution in [1.29, 1.82) is 0 Å². The van der Waals surface area contributed by atoms with E-state index in [1.807, 2.05) is 6.07 Å². The second-order valence-electron chi connectivity index (χ2n) is 6.31. The number of benzene rings is 1. The van der Waals surface area contributed by atoms with E-state index in [1.165, 1.54) is 0 Å². The van der Waals surface area contributed by atoms with Gasteiger partial charge in [-0.3, -0.25) is 4.98 Å². The summed E-state index contributed by atoms with van der Waals surface area (Å²) in [6.07, 6.45) is 7.21. The first-order chi connectivity index (χ1) is 12.5. The van der Waals surface area contributed by atoms with Crippen molar-refractivity contribution >= 4 is 34.6 Å². The van der Waals surface area contributed by atoms with E-state index in [-0.39, 0.29) is 5.82 Å². The number of hydrogen-bond acceptors (Lipinski definition) is 5. The Hall–Kier alpha value is -2.73. The lowest BCUT2D eigenvalue weighted by atomic mass is 10.0. The summed E-state index contributed by atoms with van der Waals surface area (Å²) < 4.78 is 14.2. The summed E-state index contributed by atoms with van der Waals surface area (Å²) in [5.74, 6) is 0.467. The van der Waals surface area contributed by atoms with Crippen LogP contribution in [0.15, 0.2) is 49.1 Å². The maximum absolute atomic E-state index is 14.2. The summed E-state index contributed by atoms with van der Waals surface area (Å²) in [7, 11) is 0. The molecule has 5 nitrogen and oxygen atoms in total. The SMILES string of the molecule is CC(C)Cc1ccc(Nc2ncc(Nc3ccncc3Cl)cn2)c(F)c1. The predicted molar refractivity (Wildman–Crippen MR) is 103 cm³/mol. The smallest absolute Gasteiger partial charge is 0.227 e. The molecule has 0 aliphatic rings. The maximum Gasteiger partial charge on any atom is 0.227 e. The van der Waals surface area contributed by atoms with E-state index in [2.05, 4.69) is 39.4 Å². The lowest BCUT2D eigenvalue weighted by Gasteiger charge is -2.10. The van der Waals surface area contributed by atoms with Crippen molar-refractivity contribution in [2.45, 2.75) is 20.3 Å². The number of halogens is 2. The van der Waals surface area contributed by atoms with Gasteiger partial charge in [0.1, 0.15) is 5.82 Å². The summed E-state index contributed by atoms with van der Waals surface area (Å²) in [5.41, 5.74) is 2.68. The molecule has 3 rings (SSSR count). The fourth-order valence-electron chi connectivity index (χ4n) is 2.47. The van der Waals surface area contributed by atoms with E-state index in [0.29, 0.717) is 34.0 Å². The molecule has 0 spiro atoms. The molecule has 0 radical (unpaired) electrons. The number of rotatable bonds is 6. The highest BCUT2D eigenvalue weighted by atomic mass is 35.5. The Balaban J connectivity index is 1.68. The molecule has 0 fully saturated rings. The molecule has 2 aromatic heterocycles. The Morgan fingerprint density at radius 2 is 1.81 bits per heavy atom. The van der Waals surface area contributed by atoms with E-state index >= 15 is 0 Å². The molecule has 3 aromatic rings. The summed E-state index contributed by atoms with van der Waals surface area (Å²) in [5, 5.41) is 6.49. The van der Waals surface area contributed by atoms with E-state index in [4.69, 9.17) is 11.6 Å². The molecule has 0 aliphatic carbocycles. The van der Waals surface area contributed by atoms with E-state index < -0.39 is 0 Å². The van der Waals surface area contributed by atoms with Gasteiger partial charge >= 0.3 is 0 Å². The monoisotopic (exact) mass is 371 g/mol. The van der Waals surface area contributed by atoms with Crippen molar-refractivity contribution in [1.82, 2.24) is 15.0 Å². The number of nitrogens with one attached hydrogen (secondary N) is 2. The molecule has 0 aliphatic heterocycles. The molecule has 2 heterocycles. The van der Waals surface area contributed by atoms with E-state index in [1.54, 1.807) is 43.0 Å². The standard InChI is InChI=1S/C19H19ClFN5/c1-12(2)7-13-3-4-18(16(21)8-13)26-19-23-9-14(10-24-19)25-17-5-6-22-11-15(17)20/h3-6,8-12H,7H2,1-2H3,(H,22,25)(H,23,24,26). The van der Waals surface area contributed by atoms with Gasteiger partial charge in [0.15, 0.2) is 0 Å². The van der Waals surface area contributed by atoms with Crippen LogP contribution in [0.1, 0.15) is 19.4 Å². The van der Waals surface area contributed by atoms with Crippen LogP contribution in [0.25, 0.3) is 0 Å². The van der Waals surface area contributed by atoms with Crippen LogP contribution in [0.5, 0.6) is 0 Å². The minimum absolute atomic E-state index is 0.312. The van der Waals surface area contributed by atoms with Crippen LogP contribution in [0.3, 0.4) is 0 Å². The fourth-order valence-corrected chi connectivity index (χ4v) is 2.63. The fraction of sp³-hybridized carbons (Fsp3) is 0.211. The van der Waals surface area contributed by atoms with Gasteiger partial charge in [-0.15, -0.1) is 0 Å². The van der Waals surface area contributed by atoms with Crippen molar-refractivity contribution < 1.29 is 4.39 Å². The molecule has 0 atom stereocenters. The Labute approximate surface area is 156 Å². The van der Waals surface area contributed by atoms with Gasteiger partial charge in [0, 0.05) is 12.4 Å². The average molecular weight is 372 g/mol. The number of nitrogens with zero attached hydrogens (tertiary/aromatic N) is 3. The zero-order valence-electron chi connectivity index (χ0n) is 14.5. The number of aromatic nitrogens is 3. The molecule has 1 aromatic carbocycles. The molecule has 26 heavy (non-hydrogen) atoms. The first-order valence-corrected chi connectivity index (χ1v) is 8.63.